The Morgan fingerprint density at radius 3 is 2.52 bits per heavy atom. The predicted octanol–water partition coefficient (Wildman–Crippen LogP) is 4.14. The number of amides is 1. The Kier molecular flexibility index (Phi) is 7.65. The number of thioether (sulfide) groups is 1. The highest BCUT2D eigenvalue weighted by Crippen LogP contribution is 2.27. The topological polar surface area (TPSA) is 55.1 Å². The zero-order valence-corrected chi connectivity index (χ0v) is 15.3. The molecule has 0 saturated carbocycles. The van der Waals surface area contributed by atoms with Crippen molar-refractivity contribution in [2.45, 2.75) is 23.8 Å². The maximum atomic E-state index is 12.0. The number of carbonyl (C=O) groups excluding carboxylic acids is 1. The molecule has 1 unspecified atom stereocenters. The van der Waals surface area contributed by atoms with Crippen LogP contribution in [0.25, 0.3) is 0 Å². The van der Waals surface area contributed by atoms with Crippen LogP contribution in [0.2, 0.25) is 0 Å². The van der Waals surface area contributed by atoms with Crippen molar-refractivity contribution in [3.63, 3.8) is 0 Å². The van der Waals surface area contributed by atoms with Crippen LogP contribution in [0.4, 0.5) is 0 Å². The normalized spacial score (nSPS) is 11.9. The Morgan fingerprint density at radius 2 is 1.78 bits per heavy atom. The third-order valence-corrected chi connectivity index (χ3v) is 5.52. The maximum Gasteiger partial charge on any atom is 0.241 e. The molecular formula is C18H21BrN2OS. The van der Waals surface area contributed by atoms with Crippen LogP contribution in [0.5, 0.6) is 0 Å². The average Bonchev–Trinajstić information content (AvgIpc) is 2.59. The van der Waals surface area contributed by atoms with Crippen molar-refractivity contribution < 1.29 is 4.79 Å². The molecule has 122 valence electrons. The minimum absolute atomic E-state index is 0.116. The van der Waals surface area contributed by atoms with Gasteiger partial charge in [-0.2, -0.15) is 0 Å². The monoisotopic (exact) mass is 392 g/mol. The first-order chi connectivity index (χ1) is 11.2. The molecule has 0 aliphatic heterocycles. The van der Waals surface area contributed by atoms with E-state index in [-0.39, 0.29) is 5.91 Å². The zero-order chi connectivity index (χ0) is 16.5. The number of hydrogen-bond acceptors (Lipinski definition) is 3. The van der Waals surface area contributed by atoms with E-state index in [1.165, 1.54) is 4.90 Å². The van der Waals surface area contributed by atoms with Crippen molar-refractivity contribution in [2.24, 2.45) is 5.73 Å². The molecule has 3 N–H and O–H groups in total. The van der Waals surface area contributed by atoms with Crippen LogP contribution >= 0.6 is 27.7 Å². The van der Waals surface area contributed by atoms with Crippen molar-refractivity contribution in [1.82, 2.24) is 5.32 Å². The first-order valence-corrected chi connectivity index (χ1v) is 9.42. The summed E-state index contributed by atoms with van der Waals surface area (Å²) in [4.78, 5) is 13.2. The highest BCUT2D eigenvalue weighted by molar-refractivity contribution is 9.10. The standard InChI is InChI=1S/C18H21BrN2OS/c19-15-10-4-5-11-16(15)23-13-7-6-12-21-18(22)17(20)14-8-2-1-3-9-14/h1-5,8-11,17H,6-7,12-13,20H2,(H,21,22). The highest BCUT2D eigenvalue weighted by atomic mass is 79.9. The Hall–Kier alpha value is -1.30. The van der Waals surface area contributed by atoms with E-state index in [0.717, 1.165) is 28.6 Å². The molecule has 0 saturated heterocycles. The van der Waals surface area contributed by atoms with Gasteiger partial charge in [0.1, 0.15) is 6.04 Å². The second-order valence-corrected chi connectivity index (χ2v) is 7.16. The van der Waals surface area contributed by atoms with Gasteiger partial charge in [0, 0.05) is 15.9 Å². The molecule has 2 aromatic rings. The molecule has 5 heteroatoms. The third-order valence-electron chi connectivity index (χ3n) is 3.41. The van der Waals surface area contributed by atoms with Gasteiger partial charge in [-0.15, -0.1) is 11.8 Å². The molecule has 2 rings (SSSR count). The molecule has 0 aliphatic carbocycles. The molecule has 3 nitrogen and oxygen atoms in total. The summed E-state index contributed by atoms with van der Waals surface area (Å²) in [5.74, 6) is 0.915. The van der Waals surface area contributed by atoms with Gasteiger partial charge in [0.25, 0.3) is 0 Å². The van der Waals surface area contributed by atoms with E-state index in [1.807, 2.05) is 60.3 Å². The van der Waals surface area contributed by atoms with Crippen LogP contribution in [0.1, 0.15) is 24.4 Å². The van der Waals surface area contributed by atoms with Gasteiger partial charge in [0.05, 0.1) is 0 Å². The highest BCUT2D eigenvalue weighted by Gasteiger charge is 2.14. The van der Waals surface area contributed by atoms with Crippen LogP contribution in [0, 0.1) is 0 Å². The maximum absolute atomic E-state index is 12.0. The van der Waals surface area contributed by atoms with Gasteiger partial charge >= 0.3 is 0 Å². The van der Waals surface area contributed by atoms with Crippen LogP contribution < -0.4 is 11.1 Å². The Bertz CT molecular complexity index is 621. The molecule has 0 fully saturated rings. The van der Waals surface area contributed by atoms with Gasteiger partial charge in [-0.1, -0.05) is 42.5 Å². The van der Waals surface area contributed by atoms with Crippen LogP contribution in [-0.2, 0) is 4.79 Å². The summed E-state index contributed by atoms with van der Waals surface area (Å²) in [6, 6.07) is 17.1. The lowest BCUT2D eigenvalue weighted by Gasteiger charge is -2.12. The van der Waals surface area contributed by atoms with Crippen molar-refractivity contribution in [3.05, 3.63) is 64.6 Å². The summed E-state index contributed by atoms with van der Waals surface area (Å²) in [6.45, 7) is 0.663. The van der Waals surface area contributed by atoms with Crippen LogP contribution in [0.15, 0.2) is 64.0 Å². The van der Waals surface area contributed by atoms with E-state index in [2.05, 4.69) is 27.3 Å². The predicted molar refractivity (Wildman–Crippen MR) is 100 cm³/mol. The number of unbranched alkanes of at least 4 members (excludes halogenated alkanes) is 1. The summed E-state index contributed by atoms with van der Waals surface area (Å²) >= 11 is 5.37. The van der Waals surface area contributed by atoms with Crippen molar-refractivity contribution in [1.29, 1.82) is 0 Å². The summed E-state index contributed by atoms with van der Waals surface area (Å²) in [6.07, 6.45) is 2.00. The van der Waals surface area contributed by atoms with Gasteiger partial charge in [0.15, 0.2) is 0 Å². The number of rotatable bonds is 8. The summed E-state index contributed by atoms with van der Waals surface area (Å²) < 4.78 is 1.13. The molecular weight excluding hydrogens is 372 g/mol. The quantitative estimate of drug-likeness (QED) is 0.524. The third kappa shape index (κ3) is 6.01. The number of nitrogens with two attached hydrogens (primary N) is 1. The van der Waals surface area contributed by atoms with E-state index >= 15 is 0 Å². The number of hydrogen-bond donors (Lipinski definition) is 2. The Morgan fingerprint density at radius 1 is 1.09 bits per heavy atom. The van der Waals surface area contributed by atoms with Gasteiger partial charge < -0.3 is 11.1 Å². The molecule has 2 aromatic carbocycles. The van der Waals surface area contributed by atoms with E-state index in [0.29, 0.717) is 6.54 Å². The van der Waals surface area contributed by atoms with Crippen LogP contribution in [-0.4, -0.2) is 18.2 Å². The van der Waals surface area contributed by atoms with E-state index in [1.54, 1.807) is 0 Å². The Labute approximate surface area is 150 Å². The summed E-state index contributed by atoms with van der Waals surface area (Å²) in [5.41, 5.74) is 6.79. The molecule has 23 heavy (non-hydrogen) atoms. The van der Waals surface area contributed by atoms with Crippen molar-refractivity contribution in [3.8, 4) is 0 Å². The van der Waals surface area contributed by atoms with Gasteiger partial charge in [-0.25, -0.2) is 0 Å². The largest absolute Gasteiger partial charge is 0.354 e. The number of nitrogens with one attached hydrogen (secondary N) is 1. The number of benzene rings is 2. The zero-order valence-electron chi connectivity index (χ0n) is 12.9. The van der Waals surface area contributed by atoms with Gasteiger partial charge in [-0.05, 0) is 52.2 Å². The molecule has 0 aromatic heterocycles. The lowest BCUT2D eigenvalue weighted by molar-refractivity contribution is -0.122. The second-order valence-electron chi connectivity index (χ2n) is 5.17. The van der Waals surface area contributed by atoms with E-state index < -0.39 is 6.04 Å². The van der Waals surface area contributed by atoms with Gasteiger partial charge in [0.2, 0.25) is 5.91 Å². The minimum Gasteiger partial charge on any atom is -0.354 e. The second kappa shape index (κ2) is 9.75. The van der Waals surface area contributed by atoms with Crippen molar-refractivity contribution in [2.75, 3.05) is 12.3 Å². The minimum atomic E-state index is -0.592. The Balaban J connectivity index is 1.62. The molecule has 1 amide bonds. The molecule has 0 bridgehead atoms. The lowest BCUT2D eigenvalue weighted by atomic mass is 10.1. The fourth-order valence-electron chi connectivity index (χ4n) is 2.10. The molecule has 0 spiro atoms. The molecule has 1 atom stereocenters. The van der Waals surface area contributed by atoms with E-state index in [4.69, 9.17) is 5.73 Å². The van der Waals surface area contributed by atoms with E-state index in [9.17, 15) is 4.79 Å². The summed E-state index contributed by atoms with van der Waals surface area (Å²) in [5, 5.41) is 2.91. The van der Waals surface area contributed by atoms with Crippen molar-refractivity contribution >= 4 is 33.6 Å². The average molecular weight is 393 g/mol. The number of carbonyl (C=O) groups is 1. The molecule has 0 aliphatic rings. The van der Waals surface area contributed by atoms with Gasteiger partial charge in [-0.3, -0.25) is 4.79 Å². The fourth-order valence-corrected chi connectivity index (χ4v) is 3.68. The molecule has 0 heterocycles. The smallest absolute Gasteiger partial charge is 0.241 e. The first-order valence-electron chi connectivity index (χ1n) is 7.64. The fraction of sp³-hybridized carbons (Fsp3) is 0.278. The number of halogens is 1. The lowest BCUT2D eigenvalue weighted by Crippen LogP contribution is -2.34. The molecule has 0 radical (unpaired) electrons. The SMILES string of the molecule is NC(C(=O)NCCCCSc1ccccc1Br)c1ccccc1. The first kappa shape index (κ1) is 18.0. The van der Waals surface area contributed by atoms with Crippen LogP contribution in [0.3, 0.4) is 0 Å². The summed E-state index contributed by atoms with van der Waals surface area (Å²) in [7, 11) is 0.